The second-order valence-electron chi connectivity index (χ2n) is 6.15. The first-order chi connectivity index (χ1) is 13.4. The van der Waals surface area contributed by atoms with E-state index in [1.54, 1.807) is 32.4 Å². The molecule has 1 heterocycles. The highest BCUT2D eigenvalue weighted by Crippen LogP contribution is 2.32. The van der Waals surface area contributed by atoms with Gasteiger partial charge in [-0.05, 0) is 49.0 Å². The lowest BCUT2D eigenvalue weighted by atomic mass is 9.95. The number of amides is 1. The molecule has 6 nitrogen and oxygen atoms in total. The molecule has 0 spiro atoms. The quantitative estimate of drug-likeness (QED) is 0.586. The number of anilines is 1. The standard InChI is InChI=1S/C20H20BrN3O3S/c1-11-17(18(24-20(28)22-11)12-5-4-6-13(21)9-12)19(25)23-15-10-14(26-2)7-8-16(15)27-3/h4-10,18H,1-3H3,(H,23,25)(H2,22,24,28). The minimum Gasteiger partial charge on any atom is -0.497 e. The van der Waals surface area contributed by atoms with E-state index in [0.717, 1.165) is 10.0 Å². The van der Waals surface area contributed by atoms with Crippen molar-refractivity contribution >= 4 is 44.9 Å². The van der Waals surface area contributed by atoms with Crippen LogP contribution in [0.3, 0.4) is 0 Å². The van der Waals surface area contributed by atoms with E-state index in [-0.39, 0.29) is 11.9 Å². The van der Waals surface area contributed by atoms with Gasteiger partial charge in [-0.25, -0.2) is 0 Å². The zero-order valence-corrected chi connectivity index (χ0v) is 18.0. The molecule has 0 saturated carbocycles. The van der Waals surface area contributed by atoms with E-state index < -0.39 is 0 Å². The van der Waals surface area contributed by atoms with Crippen molar-refractivity contribution in [3.8, 4) is 11.5 Å². The Hall–Kier alpha value is -2.58. The summed E-state index contributed by atoms with van der Waals surface area (Å²) in [5.41, 5.74) is 2.67. The van der Waals surface area contributed by atoms with Gasteiger partial charge in [-0.3, -0.25) is 4.79 Å². The zero-order valence-electron chi connectivity index (χ0n) is 15.6. The van der Waals surface area contributed by atoms with Crippen LogP contribution < -0.4 is 25.4 Å². The molecule has 1 amide bonds. The van der Waals surface area contributed by atoms with Crippen LogP contribution in [0.4, 0.5) is 5.69 Å². The monoisotopic (exact) mass is 461 g/mol. The third-order valence-electron chi connectivity index (χ3n) is 4.35. The number of rotatable bonds is 5. The number of halogens is 1. The molecule has 8 heteroatoms. The number of benzene rings is 2. The fourth-order valence-corrected chi connectivity index (χ4v) is 3.72. The van der Waals surface area contributed by atoms with Gasteiger partial charge in [0.1, 0.15) is 11.5 Å². The number of ether oxygens (including phenoxy) is 2. The van der Waals surface area contributed by atoms with E-state index in [4.69, 9.17) is 21.7 Å². The van der Waals surface area contributed by atoms with Crippen LogP contribution in [0.5, 0.6) is 11.5 Å². The molecule has 3 N–H and O–H groups in total. The highest BCUT2D eigenvalue weighted by Gasteiger charge is 2.30. The third-order valence-corrected chi connectivity index (χ3v) is 5.06. The summed E-state index contributed by atoms with van der Waals surface area (Å²) in [4.78, 5) is 13.2. The number of hydrogen-bond acceptors (Lipinski definition) is 4. The van der Waals surface area contributed by atoms with Crippen LogP contribution in [-0.2, 0) is 4.79 Å². The Morgan fingerprint density at radius 3 is 2.64 bits per heavy atom. The molecule has 1 aliphatic heterocycles. The highest BCUT2D eigenvalue weighted by molar-refractivity contribution is 9.10. The number of thiocarbonyl (C=S) groups is 1. The smallest absolute Gasteiger partial charge is 0.255 e. The molecular formula is C20H20BrN3O3S. The molecule has 2 aromatic rings. The van der Waals surface area contributed by atoms with Crippen molar-refractivity contribution in [3.63, 3.8) is 0 Å². The summed E-state index contributed by atoms with van der Waals surface area (Å²) >= 11 is 8.78. The average molecular weight is 462 g/mol. The van der Waals surface area contributed by atoms with Gasteiger partial charge in [-0.1, -0.05) is 28.1 Å². The van der Waals surface area contributed by atoms with E-state index >= 15 is 0 Å². The van der Waals surface area contributed by atoms with Gasteiger partial charge in [-0.2, -0.15) is 0 Å². The van der Waals surface area contributed by atoms with E-state index in [0.29, 0.717) is 33.6 Å². The van der Waals surface area contributed by atoms with Crippen LogP contribution in [0.25, 0.3) is 0 Å². The first-order valence-corrected chi connectivity index (χ1v) is 9.70. The first kappa shape index (κ1) is 20.2. The number of carbonyl (C=O) groups excluding carboxylic acids is 1. The molecule has 146 valence electrons. The summed E-state index contributed by atoms with van der Waals surface area (Å²) in [7, 11) is 3.12. The molecule has 1 atom stereocenters. The third kappa shape index (κ3) is 4.28. The summed E-state index contributed by atoms with van der Waals surface area (Å²) in [6, 6.07) is 12.6. The molecule has 2 aromatic carbocycles. The number of methoxy groups -OCH3 is 2. The Morgan fingerprint density at radius 2 is 1.96 bits per heavy atom. The van der Waals surface area contributed by atoms with Crippen LogP contribution in [0, 0.1) is 0 Å². The van der Waals surface area contributed by atoms with Crippen LogP contribution in [0.15, 0.2) is 58.2 Å². The predicted molar refractivity (Wildman–Crippen MR) is 117 cm³/mol. The number of carbonyl (C=O) groups is 1. The number of nitrogens with one attached hydrogen (secondary N) is 3. The zero-order chi connectivity index (χ0) is 20.3. The molecule has 1 unspecified atom stereocenters. The lowest BCUT2D eigenvalue weighted by molar-refractivity contribution is -0.113. The fourth-order valence-electron chi connectivity index (χ4n) is 3.03. The minimum absolute atomic E-state index is 0.267. The largest absolute Gasteiger partial charge is 0.497 e. The van der Waals surface area contributed by atoms with Crippen molar-refractivity contribution < 1.29 is 14.3 Å². The molecule has 3 rings (SSSR count). The summed E-state index contributed by atoms with van der Waals surface area (Å²) < 4.78 is 11.5. The molecule has 0 bridgehead atoms. The van der Waals surface area contributed by atoms with E-state index in [2.05, 4.69) is 31.9 Å². The summed E-state index contributed by atoms with van der Waals surface area (Å²) in [5, 5.41) is 9.62. The highest BCUT2D eigenvalue weighted by atomic mass is 79.9. The Labute approximate surface area is 177 Å². The van der Waals surface area contributed by atoms with Gasteiger partial charge in [0.25, 0.3) is 5.91 Å². The molecule has 0 radical (unpaired) electrons. The van der Waals surface area contributed by atoms with Crippen LogP contribution in [0.1, 0.15) is 18.5 Å². The van der Waals surface area contributed by atoms with E-state index in [1.165, 1.54) is 0 Å². The Bertz CT molecular complexity index is 961. The van der Waals surface area contributed by atoms with Crippen LogP contribution >= 0.6 is 28.1 Å². The topological polar surface area (TPSA) is 71.6 Å². The second-order valence-corrected chi connectivity index (χ2v) is 7.47. The van der Waals surface area contributed by atoms with E-state index in [1.807, 2.05) is 31.2 Å². The van der Waals surface area contributed by atoms with Gasteiger partial charge >= 0.3 is 0 Å². The van der Waals surface area contributed by atoms with Crippen molar-refractivity contribution in [2.24, 2.45) is 0 Å². The second kappa shape index (κ2) is 8.62. The van der Waals surface area contributed by atoms with Crippen LogP contribution in [-0.4, -0.2) is 25.2 Å². The molecule has 0 aromatic heterocycles. The number of allylic oxidation sites excluding steroid dienone is 1. The lowest BCUT2D eigenvalue weighted by Gasteiger charge is -2.30. The lowest BCUT2D eigenvalue weighted by Crippen LogP contribution is -2.45. The molecular weight excluding hydrogens is 442 g/mol. The molecule has 0 saturated heterocycles. The Balaban J connectivity index is 1.98. The van der Waals surface area contributed by atoms with Crippen molar-refractivity contribution in [1.82, 2.24) is 10.6 Å². The van der Waals surface area contributed by atoms with Gasteiger partial charge in [0.05, 0.1) is 31.5 Å². The van der Waals surface area contributed by atoms with Crippen LogP contribution in [0.2, 0.25) is 0 Å². The van der Waals surface area contributed by atoms with Gasteiger partial charge in [-0.15, -0.1) is 0 Å². The summed E-state index contributed by atoms with van der Waals surface area (Å²) in [6.45, 7) is 1.83. The van der Waals surface area contributed by atoms with E-state index in [9.17, 15) is 4.79 Å². The van der Waals surface area contributed by atoms with Gasteiger partial charge < -0.3 is 25.4 Å². The molecule has 0 aliphatic carbocycles. The van der Waals surface area contributed by atoms with Gasteiger partial charge in [0.2, 0.25) is 0 Å². The first-order valence-electron chi connectivity index (χ1n) is 8.50. The summed E-state index contributed by atoms with van der Waals surface area (Å²) in [5.74, 6) is 0.890. The SMILES string of the molecule is COc1ccc(OC)c(NC(=O)C2=C(C)NC(=S)NC2c2cccc(Br)c2)c1. The number of hydrogen-bond donors (Lipinski definition) is 3. The fraction of sp³-hybridized carbons (Fsp3) is 0.200. The normalized spacial score (nSPS) is 16.1. The Kier molecular flexibility index (Phi) is 6.21. The Morgan fingerprint density at radius 1 is 1.18 bits per heavy atom. The maximum Gasteiger partial charge on any atom is 0.255 e. The average Bonchev–Trinajstić information content (AvgIpc) is 2.67. The van der Waals surface area contributed by atoms with Gasteiger partial charge in [0, 0.05) is 16.2 Å². The maximum absolute atomic E-state index is 13.2. The predicted octanol–water partition coefficient (Wildman–Crippen LogP) is 3.90. The van der Waals surface area contributed by atoms with Crippen molar-refractivity contribution in [3.05, 3.63) is 63.8 Å². The minimum atomic E-state index is -0.386. The molecule has 0 fully saturated rings. The maximum atomic E-state index is 13.2. The van der Waals surface area contributed by atoms with Crippen molar-refractivity contribution in [2.75, 3.05) is 19.5 Å². The van der Waals surface area contributed by atoms with Crippen molar-refractivity contribution in [1.29, 1.82) is 0 Å². The summed E-state index contributed by atoms with van der Waals surface area (Å²) in [6.07, 6.45) is 0. The molecule has 28 heavy (non-hydrogen) atoms. The molecule has 1 aliphatic rings. The van der Waals surface area contributed by atoms with Gasteiger partial charge in [0.15, 0.2) is 5.11 Å². The van der Waals surface area contributed by atoms with Crippen molar-refractivity contribution in [2.45, 2.75) is 13.0 Å².